The summed E-state index contributed by atoms with van der Waals surface area (Å²) < 4.78 is 1.82. The van der Waals surface area contributed by atoms with E-state index in [1.807, 2.05) is 55.1 Å². The van der Waals surface area contributed by atoms with Crippen LogP contribution in [0.25, 0.3) is 0 Å². The van der Waals surface area contributed by atoms with Crippen molar-refractivity contribution >= 4 is 11.9 Å². The predicted octanol–water partition coefficient (Wildman–Crippen LogP) is 1.90. The fourth-order valence-electron chi connectivity index (χ4n) is 3.33. The van der Waals surface area contributed by atoms with Gasteiger partial charge in [0.1, 0.15) is 0 Å². The van der Waals surface area contributed by atoms with Crippen molar-refractivity contribution in [1.82, 2.24) is 15.1 Å². The summed E-state index contributed by atoms with van der Waals surface area (Å²) >= 11 is 0. The van der Waals surface area contributed by atoms with Crippen molar-refractivity contribution < 1.29 is 14.7 Å². The topological polar surface area (TPSA) is 84.2 Å². The summed E-state index contributed by atoms with van der Waals surface area (Å²) in [5.41, 5.74) is 1.60. The summed E-state index contributed by atoms with van der Waals surface area (Å²) in [7, 11) is 0. The summed E-state index contributed by atoms with van der Waals surface area (Å²) in [6.07, 6.45) is 3.62. The van der Waals surface area contributed by atoms with Crippen LogP contribution in [0.4, 0.5) is 0 Å². The maximum absolute atomic E-state index is 12.3. The number of carboxylic acids is 1. The van der Waals surface area contributed by atoms with Crippen LogP contribution in [0.5, 0.6) is 0 Å². The van der Waals surface area contributed by atoms with Crippen LogP contribution < -0.4 is 5.32 Å². The van der Waals surface area contributed by atoms with Crippen LogP contribution in [-0.2, 0) is 22.7 Å². The molecular weight excluding hydrogens is 306 g/mol. The average Bonchev–Trinajstić information content (AvgIpc) is 2.86. The van der Waals surface area contributed by atoms with E-state index in [0.717, 1.165) is 11.1 Å². The molecule has 1 aromatic heterocycles. The molecule has 1 saturated carbocycles. The summed E-state index contributed by atoms with van der Waals surface area (Å²) in [4.78, 5) is 23.6. The summed E-state index contributed by atoms with van der Waals surface area (Å²) in [6, 6.07) is 9.71. The molecule has 2 N–H and O–H groups in total. The summed E-state index contributed by atoms with van der Waals surface area (Å²) in [6.45, 7) is 4.66. The molecule has 0 radical (unpaired) electrons. The molecule has 0 spiro atoms. The van der Waals surface area contributed by atoms with Gasteiger partial charge in [-0.1, -0.05) is 38.1 Å². The van der Waals surface area contributed by atoms with E-state index in [0.29, 0.717) is 13.1 Å². The molecule has 24 heavy (non-hydrogen) atoms. The van der Waals surface area contributed by atoms with E-state index in [2.05, 4.69) is 10.4 Å². The SMILES string of the molecule is CC1(C)[C@H](C(=O)O)[C@@H]1C(=O)NCc1ccccc1Cn1cccn1. The molecule has 0 unspecified atom stereocenters. The van der Waals surface area contributed by atoms with Gasteiger partial charge in [-0.2, -0.15) is 5.10 Å². The van der Waals surface area contributed by atoms with E-state index in [-0.39, 0.29) is 5.91 Å². The fourth-order valence-corrected chi connectivity index (χ4v) is 3.33. The highest BCUT2D eigenvalue weighted by Crippen LogP contribution is 2.58. The van der Waals surface area contributed by atoms with Gasteiger partial charge in [-0.15, -0.1) is 0 Å². The number of hydrogen-bond acceptors (Lipinski definition) is 3. The first-order valence-corrected chi connectivity index (χ1v) is 7.96. The van der Waals surface area contributed by atoms with E-state index >= 15 is 0 Å². The molecule has 1 aromatic carbocycles. The fraction of sp³-hybridized carbons (Fsp3) is 0.389. The zero-order chi connectivity index (χ0) is 17.3. The van der Waals surface area contributed by atoms with Crippen molar-refractivity contribution in [2.75, 3.05) is 0 Å². The van der Waals surface area contributed by atoms with Crippen molar-refractivity contribution in [3.63, 3.8) is 0 Å². The molecule has 6 nitrogen and oxygen atoms in total. The van der Waals surface area contributed by atoms with E-state index in [9.17, 15) is 14.7 Å². The number of hydrogen-bond donors (Lipinski definition) is 2. The molecule has 0 bridgehead atoms. The van der Waals surface area contributed by atoms with Gasteiger partial charge in [0.25, 0.3) is 0 Å². The lowest BCUT2D eigenvalue weighted by Gasteiger charge is -2.11. The number of aromatic nitrogens is 2. The Balaban J connectivity index is 1.65. The first-order chi connectivity index (χ1) is 11.4. The van der Waals surface area contributed by atoms with Gasteiger partial charge in [0.05, 0.1) is 18.4 Å². The lowest BCUT2D eigenvalue weighted by Crippen LogP contribution is -2.27. The number of carbonyl (C=O) groups excluding carboxylic acids is 1. The zero-order valence-electron chi connectivity index (χ0n) is 13.8. The molecule has 1 fully saturated rings. The Morgan fingerprint density at radius 3 is 2.50 bits per heavy atom. The van der Waals surface area contributed by atoms with Crippen molar-refractivity contribution in [3.8, 4) is 0 Å². The highest BCUT2D eigenvalue weighted by Gasteiger charge is 2.65. The largest absolute Gasteiger partial charge is 0.481 e. The normalized spacial score (nSPS) is 21.2. The minimum Gasteiger partial charge on any atom is -0.481 e. The molecule has 0 saturated heterocycles. The number of carbonyl (C=O) groups is 2. The number of nitrogens with one attached hydrogen (secondary N) is 1. The van der Waals surface area contributed by atoms with Gasteiger partial charge < -0.3 is 10.4 Å². The van der Waals surface area contributed by atoms with Crippen LogP contribution in [0.3, 0.4) is 0 Å². The minimum atomic E-state index is -0.903. The minimum absolute atomic E-state index is 0.193. The molecular formula is C18H21N3O3. The number of carboxylic acid groups (broad SMARTS) is 1. The number of rotatable bonds is 6. The number of amides is 1. The van der Waals surface area contributed by atoms with Crippen molar-refractivity contribution in [2.24, 2.45) is 17.3 Å². The van der Waals surface area contributed by atoms with Gasteiger partial charge in [0.2, 0.25) is 5.91 Å². The van der Waals surface area contributed by atoms with Crippen LogP contribution >= 0.6 is 0 Å². The average molecular weight is 327 g/mol. The maximum atomic E-state index is 12.3. The number of benzene rings is 1. The van der Waals surface area contributed by atoms with Crippen molar-refractivity contribution in [3.05, 3.63) is 53.9 Å². The first kappa shape index (κ1) is 16.2. The molecule has 1 aliphatic rings. The Morgan fingerprint density at radius 2 is 1.92 bits per heavy atom. The van der Waals surface area contributed by atoms with Crippen LogP contribution in [-0.4, -0.2) is 26.8 Å². The van der Waals surface area contributed by atoms with Gasteiger partial charge in [-0.3, -0.25) is 14.3 Å². The third-order valence-electron chi connectivity index (χ3n) is 4.84. The molecule has 2 atom stereocenters. The van der Waals surface area contributed by atoms with Crippen molar-refractivity contribution in [1.29, 1.82) is 0 Å². The third kappa shape index (κ3) is 3.04. The maximum Gasteiger partial charge on any atom is 0.307 e. The Morgan fingerprint density at radius 1 is 1.21 bits per heavy atom. The molecule has 6 heteroatoms. The highest BCUT2D eigenvalue weighted by atomic mass is 16.4. The Bertz CT molecular complexity index is 753. The predicted molar refractivity (Wildman–Crippen MR) is 88.0 cm³/mol. The van der Waals surface area contributed by atoms with Gasteiger partial charge in [-0.05, 0) is 22.6 Å². The van der Waals surface area contributed by atoms with Gasteiger partial charge in [-0.25, -0.2) is 0 Å². The zero-order valence-corrected chi connectivity index (χ0v) is 13.8. The standard InChI is InChI=1S/C18H21N3O3/c1-18(2)14(15(18)17(23)24)16(22)19-10-12-6-3-4-7-13(12)11-21-9-5-8-20-21/h3-9,14-15H,10-11H2,1-2H3,(H,19,22)(H,23,24)/t14-,15+/m1/s1. The molecule has 3 rings (SSSR count). The summed E-state index contributed by atoms with van der Waals surface area (Å²) in [5.74, 6) is -2.16. The molecule has 2 aromatic rings. The Labute approximate surface area is 140 Å². The molecule has 0 aliphatic heterocycles. The quantitative estimate of drug-likeness (QED) is 0.849. The second kappa shape index (κ2) is 6.11. The van der Waals surface area contributed by atoms with E-state index in [1.54, 1.807) is 6.20 Å². The van der Waals surface area contributed by atoms with E-state index in [4.69, 9.17) is 0 Å². The number of nitrogens with zero attached hydrogens (tertiary/aromatic N) is 2. The Hall–Kier alpha value is -2.63. The van der Waals surface area contributed by atoms with E-state index < -0.39 is 23.2 Å². The van der Waals surface area contributed by atoms with Crippen LogP contribution in [0.1, 0.15) is 25.0 Å². The van der Waals surface area contributed by atoms with E-state index in [1.165, 1.54) is 0 Å². The first-order valence-electron chi connectivity index (χ1n) is 7.96. The summed E-state index contributed by atoms with van der Waals surface area (Å²) in [5, 5.41) is 16.3. The Kier molecular flexibility index (Phi) is 4.13. The highest BCUT2D eigenvalue weighted by molar-refractivity contribution is 5.91. The third-order valence-corrected chi connectivity index (χ3v) is 4.84. The van der Waals surface area contributed by atoms with Gasteiger partial charge in [0, 0.05) is 18.9 Å². The monoisotopic (exact) mass is 327 g/mol. The second-order valence-electron chi connectivity index (χ2n) is 6.81. The lowest BCUT2D eigenvalue weighted by atomic mass is 10.1. The molecule has 126 valence electrons. The van der Waals surface area contributed by atoms with Gasteiger partial charge in [0.15, 0.2) is 0 Å². The molecule has 1 heterocycles. The second-order valence-corrected chi connectivity index (χ2v) is 6.81. The van der Waals surface area contributed by atoms with Crippen molar-refractivity contribution in [2.45, 2.75) is 26.9 Å². The lowest BCUT2D eigenvalue weighted by molar-refractivity contribution is -0.140. The molecule has 1 amide bonds. The smallest absolute Gasteiger partial charge is 0.307 e. The van der Waals surface area contributed by atoms with Gasteiger partial charge >= 0.3 is 5.97 Å². The van der Waals surface area contributed by atoms with Crippen LogP contribution in [0.2, 0.25) is 0 Å². The number of aliphatic carboxylic acids is 1. The van der Waals surface area contributed by atoms with Crippen LogP contribution in [0.15, 0.2) is 42.7 Å². The van der Waals surface area contributed by atoms with Crippen LogP contribution in [0, 0.1) is 17.3 Å². The molecule has 1 aliphatic carbocycles.